The van der Waals surface area contributed by atoms with Gasteiger partial charge in [-0.1, -0.05) is 37.5 Å². The topological polar surface area (TPSA) is 0 Å². The quantitative estimate of drug-likeness (QED) is 0.407. The van der Waals surface area contributed by atoms with E-state index in [9.17, 15) is 0 Å². The van der Waals surface area contributed by atoms with E-state index in [0.29, 0.717) is 5.92 Å². The van der Waals surface area contributed by atoms with Crippen molar-refractivity contribution >= 4 is 6.08 Å². The first-order valence-corrected chi connectivity index (χ1v) is 4.10. The molecule has 56 valence electrons. The number of hydrogen-bond donors (Lipinski definition) is 0. The van der Waals surface area contributed by atoms with Crippen LogP contribution in [-0.4, -0.2) is 0 Å². The van der Waals surface area contributed by atoms with Crippen LogP contribution < -0.4 is 29.6 Å². The smallest absolute Gasteiger partial charge is 0.268 e. The third-order valence-corrected chi connectivity index (χ3v) is 2.22. The van der Waals surface area contributed by atoms with Crippen molar-refractivity contribution in [3.63, 3.8) is 0 Å². The molecule has 1 heteroatoms. The van der Waals surface area contributed by atoms with Crippen LogP contribution in [0.15, 0.2) is 24.3 Å². The molecule has 0 nitrogen and oxygen atoms in total. The molecule has 2 rings (SSSR count). The zero-order valence-corrected chi connectivity index (χ0v) is 9.67. The molecule has 0 spiro atoms. The van der Waals surface area contributed by atoms with E-state index in [1.165, 1.54) is 11.1 Å². The van der Waals surface area contributed by atoms with Gasteiger partial charge in [0.25, 0.3) is 0 Å². The van der Waals surface area contributed by atoms with Crippen LogP contribution >= 0.6 is 0 Å². The van der Waals surface area contributed by atoms with Gasteiger partial charge in [0.05, 0.1) is 0 Å². The minimum absolute atomic E-state index is 0. The molecule has 0 amide bonds. The molecule has 1 aliphatic carbocycles. The Labute approximate surface area is 96.0 Å². The van der Waals surface area contributed by atoms with Crippen molar-refractivity contribution in [2.75, 3.05) is 0 Å². The van der Waals surface area contributed by atoms with Gasteiger partial charge in [-0.25, -0.2) is 6.08 Å². The predicted octanol–water partition coefficient (Wildman–Crippen LogP) is 0.0142. The van der Waals surface area contributed by atoms with Gasteiger partial charge in [-0.2, -0.15) is 5.56 Å². The molecule has 12 heavy (non-hydrogen) atoms. The van der Waals surface area contributed by atoms with E-state index in [4.69, 9.17) is 0 Å². The fourth-order valence-electron chi connectivity index (χ4n) is 1.58. The van der Waals surface area contributed by atoms with Crippen LogP contribution in [0.4, 0.5) is 0 Å². The Morgan fingerprint density at radius 3 is 2.83 bits per heavy atom. The largest absolute Gasteiger partial charge is 1.00 e. The average Bonchev–Trinajstić information content (AvgIpc) is 2.47. The van der Waals surface area contributed by atoms with Gasteiger partial charge in [-0.05, 0) is 0 Å². The molecule has 1 aromatic rings. The van der Waals surface area contributed by atoms with Crippen LogP contribution in [0.2, 0.25) is 0 Å². The van der Waals surface area contributed by atoms with Gasteiger partial charge in [-0.15, -0.1) is 11.6 Å². The summed E-state index contributed by atoms with van der Waals surface area (Å²) in [6, 6.07) is 8.52. The molecule has 0 saturated heterocycles. The van der Waals surface area contributed by atoms with Crippen LogP contribution in [0.5, 0.6) is 0 Å². The number of rotatable bonds is 1. The maximum Gasteiger partial charge on any atom is 1.00 e. The minimum Gasteiger partial charge on any atom is -0.268 e. The normalized spacial score (nSPS) is 18.6. The zero-order chi connectivity index (χ0) is 7.68. The Bertz CT molecular complexity index is 289. The summed E-state index contributed by atoms with van der Waals surface area (Å²) in [7, 11) is 0. The summed E-state index contributed by atoms with van der Waals surface area (Å²) in [6.07, 6.45) is 6.61. The van der Waals surface area contributed by atoms with Crippen LogP contribution in [0.3, 0.4) is 0 Å². The summed E-state index contributed by atoms with van der Waals surface area (Å²) in [5.74, 6) is 0.547. The summed E-state index contributed by atoms with van der Waals surface area (Å²) in [5, 5.41) is 0. The third kappa shape index (κ3) is 1.66. The minimum atomic E-state index is 0. The van der Waals surface area contributed by atoms with Crippen molar-refractivity contribution in [3.05, 3.63) is 41.5 Å². The molecular formula is C11H11Na. The Hall–Kier alpha value is -0.0400. The summed E-state index contributed by atoms with van der Waals surface area (Å²) in [6.45, 7) is 2.20. The van der Waals surface area contributed by atoms with Gasteiger partial charge in [0.1, 0.15) is 0 Å². The summed E-state index contributed by atoms with van der Waals surface area (Å²) in [5.41, 5.74) is 2.79. The molecule has 0 bridgehead atoms. The van der Waals surface area contributed by atoms with Gasteiger partial charge >= 0.3 is 29.6 Å². The van der Waals surface area contributed by atoms with E-state index in [1.807, 2.05) is 0 Å². The Balaban J connectivity index is 0.000000720. The van der Waals surface area contributed by atoms with Crippen LogP contribution in [0, 0.1) is 6.08 Å². The number of benzene rings is 1. The van der Waals surface area contributed by atoms with Crippen molar-refractivity contribution in [2.24, 2.45) is 0 Å². The Kier molecular flexibility index (Phi) is 3.57. The van der Waals surface area contributed by atoms with Crippen molar-refractivity contribution < 1.29 is 29.6 Å². The molecule has 0 saturated carbocycles. The van der Waals surface area contributed by atoms with E-state index in [1.54, 1.807) is 0 Å². The van der Waals surface area contributed by atoms with Gasteiger partial charge in [-0.3, -0.25) is 6.08 Å². The second-order valence-corrected chi connectivity index (χ2v) is 2.90. The van der Waals surface area contributed by atoms with Crippen molar-refractivity contribution in [2.45, 2.75) is 19.3 Å². The first-order chi connectivity index (χ1) is 5.42. The van der Waals surface area contributed by atoms with E-state index >= 15 is 0 Å². The molecule has 1 aliphatic rings. The molecule has 1 atom stereocenters. The molecule has 0 aromatic heterocycles. The number of allylic oxidation sites excluding steroid dienone is 1. The van der Waals surface area contributed by atoms with Crippen LogP contribution in [0.1, 0.15) is 30.4 Å². The zero-order valence-electron chi connectivity index (χ0n) is 7.67. The molecular weight excluding hydrogens is 155 g/mol. The molecule has 0 N–H and O–H groups in total. The van der Waals surface area contributed by atoms with Gasteiger partial charge in [0.2, 0.25) is 0 Å². The monoisotopic (exact) mass is 166 g/mol. The number of hydrogen-bond acceptors (Lipinski definition) is 0. The molecule has 1 aromatic carbocycles. The second kappa shape index (κ2) is 4.27. The van der Waals surface area contributed by atoms with Gasteiger partial charge in [0.15, 0.2) is 0 Å². The van der Waals surface area contributed by atoms with Gasteiger partial charge < -0.3 is 0 Å². The summed E-state index contributed by atoms with van der Waals surface area (Å²) in [4.78, 5) is 0. The van der Waals surface area contributed by atoms with Crippen molar-refractivity contribution in [1.29, 1.82) is 0 Å². The van der Waals surface area contributed by atoms with E-state index in [0.717, 1.165) is 6.42 Å². The number of fused-ring (bicyclic) bond motifs is 1. The third-order valence-electron chi connectivity index (χ3n) is 2.22. The first kappa shape index (κ1) is 10.0. The Morgan fingerprint density at radius 2 is 2.08 bits per heavy atom. The Morgan fingerprint density at radius 1 is 1.33 bits per heavy atom. The SMILES string of the molecule is CCC1[C-]=Cc2ccccc21.[Na+]. The second-order valence-electron chi connectivity index (χ2n) is 2.90. The maximum absolute atomic E-state index is 3.35. The predicted molar refractivity (Wildman–Crippen MR) is 47.2 cm³/mol. The molecule has 0 heterocycles. The summed E-state index contributed by atoms with van der Waals surface area (Å²) >= 11 is 0. The van der Waals surface area contributed by atoms with Crippen molar-refractivity contribution in [3.8, 4) is 0 Å². The average molecular weight is 166 g/mol. The fraction of sp³-hybridized carbons (Fsp3) is 0.273. The van der Waals surface area contributed by atoms with Crippen molar-refractivity contribution in [1.82, 2.24) is 0 Å². The fourth-order valence-corrected chi connectivity index (χ4v) is 1.58. The molecule has 1 unspecified atom stereocenters. The van der Waals surface area contributed by atoms with Crippen LogP contribution in [-0.2, 0) is 0 Å². The molecule has 0 aliphatic heterocycles. The first-order valence-electron chi connectivity index (χ1n) is 4.10. The standard InChI is InChI=1S/C11H11.Na/c1-2-9-7-8-10-5-3-4-6-11(9)10;/h3-6,8-9H,2H2,1H3;/q-1;+1. The van der Waals surface area contributed by atoms with E-state index in [-0.39, 0.29) is 29.6 Å². The maximum atomic E-state index is 3.35. The summed E-state index contributed by atoms with van der Waals surface area (Å²) < 4.78 is 0. The molecule has 0 radical (unpaired) electrons. The van der Waals surface area contributed by atoms with E-state index in [2.05, 4.69) is 43.3 Å². The van der Waals surface area contributed by atoms with E-state index < -0.39 is 0 Å². The van der Waals surface area contributed by atoms with Crippen LogP contribution in [0.25, 0.3) is 6.08 Å². The molecule has 0 fully saturated rings. The van der Waals surface area contributed by atoms with Gasteiger partial charge in [0, 0.05) is 0 Å².